The van der Waals surface area contributed by atoms with Gasteiger partial charge in [0.2, 0.25) is 0 Å². The lowest BCUT2D eigenvalue weighted by Gasteiger charge is -1.70. The normalized spacial score (nSPS) is 8.80. The van der Waals surface area contributed by atoms with Gasteiger partial charge in [-0.1, -0.05) is 0 Å². The van der Waals surface area contributed by atoms with Gasteiger partial charge < -0.3 is 0 Å². The Hall–Kier alpha value is -1.03. The van der Waals surface area contributed by atoms with Crippen LogP contribution in [0.2, 0.25) is 0 Å². The van der Waals surface area contributed by atoms with Gasteiger partial charge >= 0.3 is 18.7 Å². The van der Waals surface area contributed by atoms with Gasteiger partial charge in [0.25, 0.3) is 0 Å². The molecule has 0 spiro atoms. The molecule has 15 heavy (non-hydrogen) atoms. The first-order valence-corrected chi connectivity index (χ1v) is 5.54. The van der Waals surface area contributed by atoms with Gasteiger partial charge in [0.15, 0.2) is 0 Å². The second-order valence-electron chi connectivity index (χ2n) is 1.60. The quantitative estimate of drug-likeness (QED) is 0.354. The summed E-state index contributed by atoms with van der Waals surface area (Å²) in [7, 11) is -7.54. The summed E-state index contributed by atoms with van der Waals surface area (Å²) in [5.74, 6) is 0. The molecule has 0 fully saturated rings. The molecule has 0 atom stereocenters. The fourth-order valence-corrected chi connectivity index (χ4v) is 0.253. The lowest BCUT2D eigenvalue weighted by molar-refractivity contribution is 0.380. The zero-order chi connectivity index (χ0) is 12.3. The van der Waals surface area contributed by atoms with Gasteiger partial charge in [-0.3, -0.25) is 19.1 Å². The van der Waals surface area contributed by atoms with E-state index in [1.54, 1.807) is 24.8 Å². The number of nitrogens with zero attached hydrogens (tertiary/aromatic N) is 2. The summed E-state index contributed by atoms with van der Waals surface area (Å²) in [6.45, 7) is 0. The first-order chi connectivity index (χ1) is 6.73. The number of hydrogen-bond acceptors (Lipinski definition) is 5. The van der Waals surface area contributed by atoms with Crippen LogP contribution in [0.25, 0.3) is 0 Å². The lowest BCUT2D eigenvalue weighted by atomic mass is 10.8. The van der Waals surface area contributed by atoms with E-state index >= 15 is 0 Å². The molecule has 0 aliphatic heterocycles. The van der Waals surface area contributed by atoms with Crippen molar-refractivity contribution in [3.05, 3.63) is 24.8 Å². The van der Waals surface area contributed by atoms with Crippen molar-refractivity contribution < 1.29 is 31.9 Å². The van der Waals surface area contributed by atoms with Crippen molar-refractivity contribution in [2.45, 2.75) is 0 Å². The molecule has 86 valence electrons. The van der Waals surface area contributed by atoms with Crippen LogP contribution in [-0.2, 0) is 15.0 Å². The van der Waals surface area contributed by atoms with Crippen LogP contribution in [0, 0.1) is 0 Å². The molecule has 0 aliphatic rings. The van der Waals surface area contributed by atoms with Gasteiger partial charge in [0, 0.05) is 29.4 Å². The monoisotopic (exact) mass is 259 g/mol. The van der Waals surface area contributed by atoms with Crippen LogP contribution in [0.3, 0.4) is 0 Å². The van der Waals surface area contributed by atoms with E-state index in [4.69, 9.17) is 31.9 Å². The third kappa shape index (κ3) is 63.2. The topological polar surface area (TPSA) is 158 Å². The average molecular weight is 259 g/mol. The SMILES string of the molecule is O=S(=O)(O)O.O=[P+](O)O.c1cnccn1. The first-order valence-electron chi connectivity index (χ1n) is 2.98. The van der Waals surface area contributed by atoms with E-state index in [0.29, 0.717) is 0 Å². The Morgan fingerprint density at radius 3 is 1.13 bits per heavy atom. The summed E-state index contributed by atoms with van der Waals surface area (Å²) >= 11 is 0. The molecular formula is C4H8N2O7PS+. The van der Waals surface area contributed by atoms with Gasteiger partial charge in [-0.2, -0.15) is 8.42 Å². The van der Waals surface area contributed by atoms with E-state index in [0.717, 1.165) is 0 Å². The number of rotatable bonds is 0. The largest absolute Gasteiger partial charge is 0.692 e. The number of aromatic nitrogens is 2. The van der Waals surface area contributed by atoms with E-state index in [1.807, 2.05) is 0 Å². The summed E-state index contributed by atoms with van der Waals surface area (Å²) in [5.41, 5.74) is 0. The van der Waals surface area contributed by atoms with Crippen molar-refractivity contribution in [1.29, 1.82) is 0 Å². The molecule has 1 aromatic rings. The molecule has 0 amide bonds. The average Bonchev–Trinajstić information content (AvgIpc) is 2.03. The molecule has 1 heterocycles. The zero-order valence-electron chi connectivity index (χ0n) is 7.07. The standard InChI is InChI=1S/C4H4N2.H2O4S.HO3P/c1-2-6-4-3-5-1;1-5(2,3)4;1-4(2)3/h1-4H;(H2,1,2,3,4);(H-,1,2,3)/p+1. The summed E-state index contributed by atoms with van der Waals surface area (Å²) in [4.78, 5) is 21.7. The Balaban J connectivity index is 0. The molecular weight excluding hydrogens is 251 g/mol. The molecule has 0 radical (unpaired) electrons. The predicted molar refractivity (Wildman–Crippen MR) is 48.3 cm³/mol. The summed E-state index contributed by atoms with van der Waals surface area (Å²) < 4.78 is 40.3. The first kappa shape index (κ1) is 16.4. The van der Waals surface area contributed by atoms with Crippen molar-refractivity contribution in [2.24, 2.45) is 0 Å². The fourth-order valence-electron chi connectivity index (χ4n) is 0.253. The second-order valence-corrected chi connectivity index (χ2v) is 3.00. The fraction of sp³-hybridized carbons (Fsp3) is 0. The van der Waals surface area contributed by atoms with Crippen molar-refractivity contribution in [1.82, 2.24) is 9.97 Å². The predicted octanol–water partition coefficient (Wildman–Crippen LogP) is -0.548. The molecule has 0 aliphatic carbocycles. The molecule has 1 rings (SSSR count). The van der Waals surface area contributed by atoms with E-state index in [-0.39, 0.29) is 0 Å². The Bertz CT molecular complexity index is 316. The van der Waals surface area contributed by atoms with Crippen molar-refractivity contribution in [3.8, 4) is 0 Å². The van der Waals surface area contributed by atoms with Crippen molar-refractivity contribution >= 4 is 18.7 Å². The maximum absolute atomic E-state index is 8.74. The van der Waals surface area contributed by atoms with Crippen LogP contribution in [0.5, 0.6) is 0 Å². The summed E-state index contributed by atoms with van der Waals surface area (Å²) in [5, 5.41) is 0. The molecule has 11 heteroatoms. The van der Waals surface area contributed by atoms with Gasteiger partial charge in [0.05, 0.1) is 0 Å². The minimum Gasteiger partial charge on any atom is -0.264 e. The van der Waals surface area contributed by atoms with Crippen molar-refractivity contribution in [2.75, 3.05) is 0 Å². The highest BCUT2D eigenvalue weighted by atomic mass is 32.3. The highest BCUT2D eigenvalue weighted by Crippen LogP contribution is 1.98. The molecule has 4 N–H and O–H groups in total. The molecule has 0 saturated heterocycles. The highest BCUT2D eigenvalue weighted by molar-refractivity contribution is 7.79. The van der Waals surface area contributed by atoms with Gasteiger partial charge in [-0.05, 0) is 0 Å². The van der Waals surface area contributed by atoms with E-state index in [2.05, 4.69) is 9.97 Å². The molecule has 1 aromatic heterocycles. The van der Waals surface area contributed by atoms with Crippen LogP contribution >= 0.6 is 8.25 Å². The number of hydrogen-bond donors (Lipinski definition) is 4. The van der Waals surface area contributed by atoms with E-state index in [9.17, 15) is 0 Å². The Morgan fingerprint density at radius 2 is 1.07 bits per heavy atom. The Labute approximate surface area is 86.0 Å². The summed E-state index contributed by atoms with van der Waals surface area (Å²) in [6.07, 6.45) is 6.56. The van der Waals surface area contributed by atoms with E-state index < -0.39 is 18.7 Å². The van der Waals surface area contributed by atoms with Gasteiger partial charge in [-0.15, -0.1) is 9.79 Å². The van der Waals surface area contributed by atoms with Gasteiger partial charge in [0.1, 0.15) is 0 Å². The minimum atomic E-state index is -4.67. The van der Waals surface area contributed by atoms with Crippen LogP contribution in [0.1, 0.15) is 0 Å². The molecule has 0 bridgehead atoms. The lowest BCUT2D eigenvalue weighted by Crippen LogP contribution is -1.89. The van der Waals surface area contributed by atoms with E-state index in [1.165, 1.54) is 0 Å². The molecule has 0 unspecified atom stereocenters. The Morgan fingerprint density at radius 1 is 0.933 bits per heavy atom. The van der Waals surface area contributed by atoms with Crippen molar-refractivity contribution in [3.63, 3.8) is 0 Å². The molecule has 0 aromatic carbocycles. The van der Waals surface area contributed by atoms with Crippen LogP contribution in [-0.4, -0.2) is 37.3 Å². The maximum atomic E-state index is 8.74. The van der Waals surface area contributed by atoms with Crippen LogP contribution in [0.15, 0.2) is 24.8 Å². The summed E-state index contributed by atoms with van der Waals surface area (Å²) in [6, 6.07) is 0. The smallest absolute Gasteiger partial charge is 0.264 e. The minimum absolute atomic E-state index is 1.64. The Kier molecular flexibility index (Phi) is 10.4. The van der Waals surface area contributed by atoms with Crippen LogP contribution in [0.4, 0.5) is 0 Å². The third-order valence-electron chi connectivity index (χ3n) is 0.478. The maximum Gasteiger partial charge on any atom is 0.692 e. The molecule has 9 nitrogen and oxygen atoms in total. The zero-order valence-corrected chi connectivity index (χ0v) is 8.78. The second kappa shape index (κ2) is 9.52. The van der Waals surface area contributed by atoms with Crippen LogP contribution < -0.4 is 0 Å². The third-order valence-corrected chi connectivity index (χ3v) is 0.478. The van der Waals surface area contributed by atoms with Gasteiger partial charge in [-0.25, -0.2) is 0 Å². The molecule has 0 saturated carbocycles. The highest BCUT2D eigenvalue weighted by Gasteiger charge is 1.93.